The molecule has 2 aliphatic heterocycles. The highest BCUT2D eigenvalue weighted by molar-refractivity contribution is 8.14. The standard InChI is InChI=1S/C18H29N3O4S/c1-3-25-18(24)6-9-21-11-10-20(13-17(21)23)8-5-15-12-19-7-4-16(15)26-14(2)22/h5,16,19H,3-4,6-13H2,1-2H3. The zero-order valence-corrected chi connectivity index (χ0v) is 16.5. The minimum atomic E-state index is -0.258. The van der Waals surface area contributed by atoms with Crippen LogP contribution in [0.4, 0.5) is 0 Å². The lowest BCUT2D eigenvalue weighted by atomic mass is 10.1. The highest BCUT2D eigenvalue weighted by Crippen LogP contribution is 2.25. The van der Waals surface area contributed by atoms with Crippen molar-refractivity contribution in [1.29, 1.82) is 0 Å². The second-order valence-corrected chi connectivity index (χ2v) is 7.89. The van der Waals surface area contributed by atoms with Gasteiger partial charge in [-0.3, -0.25) is 19.3 Å². The average molecular weight is 384 g/mol. The zero-order chi connectivity index (χ0) is 18.9. The van der Waals surface area contributed by atoms with E-state index in [1.54, 1.807) is 18.7 Å². The van der Waals surface area contributed by atoms with E-state index in [4.69, 9.17) is 4.74 Å². The summed E-state index contributed by atoms with van der Waals surface area (Å²) in [6.07, 6.45) is 3.37. The Hall–Kier alpha value is -1.38. The maximum absolute atomic E-state index is 12.3. The van der Waals surface area contributed by atoms with E-state index in [0.29, 0.717) is 32.8 Å². The fraction of sp³-hybridized carbons (Fsp3) is 0.722. The number of hydrogen-bond donors (Lipinski definition) is 1. The number of nitrogens with one attached hydrogen (secondary N) is 1. The number of carbonyl (C=O) groups excluding carboxylic acids is 3. The average Bonchev–Trinajstić information content (AvgIpc) is 2.60. The Morgan fingerprint density at radius 1 is 1.38 bits per heavy atom. The van der Waals surface area contributed by atoms with E-state index < -0.39 is 0 Å². The molecule has 1 unspecified atom stereocenters. The number of piperazine rings is 1. The van der Waals surface area contributed by atoms with Crippen LogP contribution >= 0.6 is 11.8 Å². The quantitative estimate of drug-likeness (QED) is 0.511. The van der Waals surface area contributed by atoms with Gasteiger partial charge in [-0.05, 0) is 25.5 Å². The molecular formula is C18H29N3O4S. The van der Waals surface area contributed by atoms with Crippen molar-refractivity contribution in [3.8, 4) is 0 Å². The zero-order valence-electron chi connectivity index (χ0n) is 15.7. The first kappa shape index (κ1) is 20.9. The third kappa shape index (κ3) is 6.74. The molecule has 2 aliphatic rings. The summed E-state index contributed by atoms with van der Waals surface area (Å²) < 4.78 is 4.91. The number of ether oxygens (including phenoxy) is 1. The summed E-state index contributed by atoms with van der Waals surface area (Å²) in [7, 11) is 0. The Bertz CT molecular complexity index is 553. The van der Waals surface area contributed by atoms with Crippen LogP contribution in [0.25, 0.3) is 0 Å². The van der Waals surface area contributed by atoms with Crippen molar-refractivity contribution in [2.24, 2.45) is 0 Å². The molecule has 0 aliphatic carbocycles. The molecule has 0 spiro atoms. The van der Waals surface area contributed by atoms with Gasteiger partial charge >= 0.3 is 5.97 Å². The molecule has 146 valence electrons. The Morgan fingerprint density at radius 3 is 2.88 bits per heavy atom. The van der Waals surface area contributed by atoms with Crippen LogP contribution in [0, 0.1) is 0 Å². The minimum Gasteiger partial charge on any atom is -0.466 e. The van der Waals surface area contributed by atoms with E-state index in [0.717, 1.165) is 26.1 Å². The number of carbonyl (C=O) groups is 3. The molecule has 2 fully saturated rings. The molecule has 0 bridgehead atoms. The Morgan fingerprint density at radius 2 is 2.19 bits per heavy atom. The maximum atomic E-state index is 12.3. The molecule has 0 aromatic heterocycles. The lowest BCUT2D eigenvalue weighted by Crippen LogP contribution is -2.50. The third-order valence-corrected chi connectivity index (χ3v) is 5.69. The number of nitrogens with zero attached hydrogens (tertiary/aromatic N) is 2. The predicted molar refractivity (Wildman–Crippen MR) is 102 cm³/mol. The van der Waals surface area contributed by atoms with Gasteiger partial charge in [0, 0.05) is 44.9 Å². The molecule has 1 atom stereocenters. The molecule has 2 rings (SSSR count). The van der Waals surface area contributed by atoms with Crippen LogP contribution in [-0.2, 0) is 19.1 Å². The SMILES string of the molecule is CCOC(=O)CCN1CCN(CC=C2CNCCC2SC(C)=O)CC1=O. The van der Waals surface area contributed by atoms with Crippen molar-refractivity contribution < 1.29 is 19.1 Å². The van der Waals surface area contributed by atoms with E-state index in [9.17, 15) is 14.4 Å². The van der Waals surface area contributed by atoms with Crippen LogP contribution in [0.2, 0.25) is 0 Å². The summed E-state index contributed by atoms with van der Waals surface area (Å²) in [5, 5.41) is 3.74. The van der Waals surface area contributed by atoms with Gasteiger partial charge in [0.2, 0.25) is 5.91 Å². The van der Waals surface area contributed by atoms with Gasteiger partial charge < -0.3 is 15.0 Å². The molecular weight excluding hydrogens is 354 g/mol. The summed E-state index contributed by atoms with van der Waals surface area (Å²) in [5.74, 6) is -0.207. The maximum Gasteiger partial charge on any atom is 0.307 e. The number of thioether (sulfide) groups is 1. The molecule has 26 heavy (non-hydrogen) atoms. The molecule has 1 amide bonds. The van der Waals surface area contributed by atoms with Gasteiger partial charge in [-0.15, -0.1) is 0 Å². The normalized spacial score (nSPS) is 23.3. The van der Waals surface area contributed by atoms with E-state index in [1.165, 1.54) is 17.3 Å². The highest BCUT2D eigenvalue weighted by Gasteiger charge is 2.25. The molecule has 2 saturated heterocycles. The van der Waals surface area contributed by atoms with Gasteiger partial charge in [0.1, 0.15) is 0 Å². The Balaban J connectivity index is 1.80. The monoisotopic (exact) mass is 383 g/mol. The fourth-order valence-corrected chi connectivity index (χ4v) is 4.13. The number of hydrogen-bond acceptors (Lipinski definition) is 7. The minimum absolute atomic E-state index is 0.0513. The van der Waals surface area contributed by atoms with Crippen molar-refractivity contribution in [3.63, 3.8) is 0 Å². The van der Waals surface area contributed by atoms with Crippen molar-refractivity contribution in [2.75, 3.05) is 52.4 Å². The molecule has 0 saturated carbocycles. The van der Waals surface area contributed by atoms with Crippen LogP contribution in [0.3, 0.4) is 0 Å². The summed E-state index contributed by atoms with van der Waals surface area (Å²) in [4.78, 5) is 39.0. The molecule has 7 nitrogen and oxygen atoms in total. The van der Waals surface area contributed by atoms with Gasteiger partial charge in [-0.1, -0.05) is 17.8 Å². The number of rotatable bonds is 7. The molecule has 0 aromatic carbocycles. The third-order valence-electron chi connectivity index (χ3n) is 4.53. The lowest BCUT2D eigenvalue weighted by molar-refractivity contribution is -0.144. The predicted octanol–water partition coefficient (Wildman–Crippen LogP) is 0.652. The van der Waals surface area contributed by atoms with Gasteiger partial charge in [0.25, 0.3) is 0 Å². The largest absolute Gasteiger partial charge is 0.466 e. The van der Waals surface area contributed by atoms with Crippen molar-refractivity contribution in [1.82, 2.24) is 15.1 Å². The first-order chi connectivity index (χ1) is 12.5. The van der Waals surface area contributed by atoms with Crippen LogP contribution in [0.15, 0.2) is 11.6 Å². The van der Waals surface area contributed by atoms with Crippen molar-refractivity contribution >= 4 is 28.8 Å². The number of esters is 1. The molecule has 2 heterocycles. The van der Waals surface area contributed by atoms with Crippen LogP contribution in [-0.4, -0.2) is 84.5 Å². The molecule has 8 heteroatoms. The van der Waals surface area contributed by atoms with Gasteiger partial charge in [-0.2, -0.15) is 0 Å². The van der Waals surface area contributed by atoms with Gasteiger partial charge in [0.15, 0.2) is 5.12 Å². The van der Waals surface area contributed by atoms with E-state index >= 15 is 0 Å². The van der Waals surface area contributed by atoms with Crippen molar-refractivity contribution in [3.05, 3.63) is 11.6 Å². The van der Waals surface area contributed by atoms with Crippen LogP contribution in [0.1, 0.15) is 26.7 Å². The van der Waals surface area contributed by atoms with E-state index in [2.05, 4.69) is 16.3 Å². The first-order valence-electron chi connectivity index (χ1n) is 9.22. The van der Waals surface area contributed by atoms with Crippen molar-refractivity contribution in [2.45, 2.75) is 31.9 Å². The second kappa shape index (κ2) is 10.7. The summed E-state index contributed by atoms with van der Waals surface area (Å²) >= 11 is 1.40. The number of piperidine rings is 1. The van der Waals surface area contributed by atoms with Gasteiger partial charge in [-0.25, -0.2) is 0 Å². The summed E-state index contributed by atoms with van der Waals surface area (Å²) in [6, 6.07) is 0. The van der Waals surface area contributed by atoms with Crippen LogP contribution < -0.4 is 5.32 Å². The van der Waals surface area contributed by atoms with Crippen LogP contribution in [0.5, 0.6) is 0 Å². The van der Waals surface area contributed by atoms with E-state index in [-0.39, 0.29) is 28.7 Å². The summed E-state index contributed by atoms with van der Waals surface area (Å²) in [5.41, 5.74) is 1.24. The Labute approximate surface area is 159 Å². The molecule has 1 N–H and O–H groups in total. The molecule has 0 aromatic rings. The topological polar surface area (TPSA) is 79.0 Å². The second-order valence-electron chi connectivity index (χ2n) is 6.51. The lowest BCUT2D eigenvalue weighted by Gasteiger charge is -2.34. The molecule has 0 radical (unpaired) electrons. The van der Waals surface area contributed by atoms with E-state index in [1.807, 2.05) is 0 Å². The fourth-order valence-electron chi connectivity index (χ4n) is 3.16. The first-order valence-corrected chi connectivity index (χ1v) is 10.1. The number of amides is 1. The van der Waals surface area contributed by atoms with Gasteiger partial charge in [0.05, 0.1) is 19.6 Å². The summed E-state index contributed by atoms with van der Waals surface area (Å²) in [6.45, 7) is 8.41. The highest BCUT2D eigenvalue weighted by atomic mass is 32.2. The smallest absolute Gasteiger partial charge is 0.307 e. The Kier molecular flexibility index (Phi) is 8.61.